The highest BCUT2D eigenvalue weighted by atomic mass is 16.7. The number of nitrogens with zero attached hydrogens (tertiary/aromatic N) is 1. The lowest BCUT2D eigenvalue weighted by Gasteiger charge is -2.49. The van der Waals surface area contributed by atoms with Crippen molar-refractivity contribution in [2.24, 2.45) is 0 Å². The molecule has 7 heteroatoms. The van der Waals surface area contributed by atoms with Gasteiger partial charge >= 0.3 is 0 Å². The van der Waals surface area contributed by atoms with Crippen molar-refractivity contribution in [1.29, 1.82) is 0 Å². The maximum Gasteiger partial charge on any atom is 0.226 e. The van der Waals surface area contributed by atoms with Gasteiger partial charge in [-0.05, 0) is 22.3 Å². The number of carbonyl (C=O) groups excluding carboxylic acids is 1. The van der Waals surface area contributed by atoms with Crippen LogP contribution in [0.5, 0.6) is 0 Å². The van der Waals surface area contributed by atoms with Crippen LogP contribution < -0.4 is 0 Å². The van der Waals surface area contributed by atoms with E-state index in [0.717, 1.165) is 22.3 Å². The summed E-state index contributed by atoms with van der Waals surface area (Å²) in [6.07, 6.45) is -0.942. The molecule has 1 N–H and O–H groups in total. The predicted octanol–water partition coefficient (Wildman–Crippen LogP) is 5.51. The van der Waals surface area contributed by atoms with Gasteiger partial charge in [-0.1, -0.05) is 121 Å². The van der Waals surface area contributed by atoms with E-state index in [1.165, 1.54) is 0 Å². The third-order valence-electron chi connectivity index (χ3n) is 7.58. The number of likely N-dealkylation sites (tertiary alicyclic amines) is 1. The minimum absolute atomic E-state index is 0.0357. The highest BCUT2D eigenvalue weighted by Crippen LogP contribution is 2.34. The van der Waals surface area contributed by atoms with Crippen molar-refractivity contribution >= 4 is 5.91 Å². The monoisotopic (exact) mass is 581 g/mol. The first-order valence-electron chi connectivity index (χ1n) is 14.7. The Hall–Kier alpha value is -3.85. The van der Waals surface area contributed by atoms with Crippen LogP contribution in [0.1, 0.15) is 28.7 Å². The molecule has 3 atom stereocenters. The molecule has 1 aliphatic heterocycles. The van der Waals surface area contributed by atoms with E-state index in [1.807, 2.05) is 121 Å². The van der Waals surface area contributed by atoms with Gasteiger partial charge in [0.15, 0.2) is 0 Å². The third-order valence-corrected chi connectivity index (χ3v) is 7.58. The van der Waals surface area contributed by atoms with Crippen LogP contribution in [0.2, 0.25) is 0 Å². The molecule has 1 fully saturated rings. The molecule has 5 rings (SSSR count). The fourth-order valence-electron chi connectivity index (χ4n) is 5.23. The molecule has 3 unspecified atom stereocenters. The van der Waals surface area contributed by atoms with E-state index in [1.54, 1.807) is 4.90 Å². The number of benzene rings is 4. The molecule has 1 heterocycles. The summed E-state index contributed by atoms with van der Waals surface area (Å²) >= 11 is 0. The number of carbonyl (C=O) groups is 1. The Morgan fingerprint density at radius 1 is 0.651 bits per heavy atom. The van der Waals surface area contributed by atoms with E-state index in [2.05, 4.69) is 0 Å². The molecular weight excluding hydrogens is 542 g/mol. The predicted molar refractivity (Wildman–Crippen MR) is 164 cm³/mol. The summed E-state index contributed by atoms with van der Waals surface area (Å²) in [5, 5.41) is 12.4. The summed E-state index contributed by atoms with van der Waals surface area (Å²) in [6.45, 7) is 1.74. The number of rotatable bonds is 15. The van der Waals surface area contributed by atoms with Crippen LogP contribution in [0.4, 0.5) is 0 Å². The van der Waals surface area contributed by atoms with Crippen molar-refractivity contribution in [3.8, 4) is 0 Å². The maximum absolute atomic E-state index is 13.7. The summed E-state index contributed by atoms with van der Waals surface area (Å²) in [5.74, 6) is -1.99. The molecule has 1 amide bonds. The van der Waals surface area contributed by atoms with Crippen molar-refractivity contribution in [3.05, 3.63) is 144 Å². The minimum Gasteiger partial charge on any atom is -0.375 e. The maximum atomic E-state index is 13.7. The van der Waals surface area contributed by atoms with Gasteiger partial charge in [-0.2, -0.15) is 0 Å². The molecule has 4 aromatic carbocycles. The lowest BCUT2D eigenvalue weighted by molar-refractivity contribution is -0.317. The molecular formula is C36H39NO6. The number of aliphatic hydroxyl groups is 1. The summed E-state index contributed by atoms with van der Waals surface area (Å²) in [4.78, 5) is 15.3. The summed E-state index contributed by atoms with van der Waals surface area (Å²) in [5.41, 5.74) is 3.88. The average molecular weight is 582 g/mol. The Bertz CT molecular complexity index is 1370. The largest absolute Gasteiger partial charge is 0.375 e. The SMILES string of the molecule is O=C1CC(OCc2ccccc2)C(O)(OCc2ccccc2)C(COCc2ccccc2)N1CCOCc1ccccc1. The Balaban J connectivity index is 1.36. The van der Waals surface area contributed by atoms with E-state index in [-0.39, 0.29) is 38.7 Å². The number of ether oxygens (including phenoxy) is 4. The number of amides is 1. The number of piperidine rings is 1. The molecule has 1 aliphatic rings. The summed E-state index contributed by atoms with van der Waals surface area (Å²) in [6, 6.07) is 38.2. The van der Waals surface area contributed by atoms with Gasteiger partial charge < -0.3 is 29.0 Å². The highest BCUT2D eigenvalue weighted by molar-refractivity contribution is 5.78. The Morgan fingerprint density at radius 2 is 1.12 bits per heavy atom. The van der Waals surface area contributed by atoms with Crippen molar-refractivity contribution < 1.29 is 28.8 Å². The second-order valence-corrected chi connectivity index (χ2v) is 10.7. The van der Waals surface area contributed by atoms with Crippen LogP contribution in [0.3, 0.4) is 0 Å². The van der Waals surface area contributed by atoms with Crippen LogP contribution in [0.15, 0.2) is 121 Å². The second-order valence-electron chi connectivity index (χ2n) is 10.7. The molecule has 0 saturated carbocycles. The van der Waals surface area contributed by atoms with Gasteiger partial charge in [0, 0.05) is 6.54 Å². The molecule has 7 nitrogen and oxygen atoms in total. The quantitative estimate of drug-likeness (QED) is 0.147. The van der Waals surface area contributed by atoms with Gasteiger partial charge in [-0.25, -0.2) is 0 Å². The number of hydrogen-bond donors (Lipinski definition) is 1. The zero-order valence-corrected chi connectivity index (χ0v) is 24.3. The van der Waals surface area contributed by atoms with Gasteiger partial charge in [0.1, 0.15) is 12.1 Å². The van der Waals surface area contributed by atoms with E-state index >= 15 is 0 Å². The van der Waals surface area contributed by atoms with Crippen LogP contribution in [0, 0.1) is 0 Å². The molecule has 1 saturated heterocycles. The van der Waals surface area contributed by atoms with Gasteiger partial charge in [0.2, 0.25) is 11.7 Å². The molecule has 224 valence electrons. The Morgan fingerprint density at radius 3 is 1.65 bits per heavy atom. The first kappa shape index (κ1) is 30.6. The van der Waals surface area contributed by atoms with E-state index in [0.29, 0.717) is 19.8 Å². The van der Waals surface area contributed by atoms with Crippen molar-refractivity contribution in [2.45, 2.75) is 50.8 Å². The van der Waals surface area contributed by atoms with Crippen LogP contribution >= 0.6 is 0 Å². The lowest BCUT2D eigenvalue weighted by atomic mass is 9.91. The fraction of sp³-hybridized carbons (Fsp3) is 0.306. The van der Waals surface area contributed by atoms with Gasteiger partial charge in [0.05, 0.1) is 46.1 Å². The zero-order valence-electron chi connectivity index (χ0n) is 24.3. The molecule has 0 aliphatic carbocycles. The van der Waals surface area contributed by atoms with Gasteiger partial charge in [0.25, 0.3) is 0 Å². The normalized spacial score (nSPS) is 20.3. The molecule has 43 heavy (non-hydrogen) atoms. The Labute approximate surface area is 253 Å². The van der Waals surface area contributed by atoms with E-state index in [4.69, 9.17) is 18.9 Å². The first-order valence-corrected chi connectivity index (χ1v) is 14.7. The van der Waals surface area contributed by atoms with E-state index < -0.39 is 17.9 Å². The summed E-state index contributed by atoms with van der Waals surface area (Å²) < 4.78 is 24.7. The summed E-state index contributed by atoms with van der Waals surface area (Å²) in [7, 11) is 0. The van der Waals surface area contributed by atoms with Crippen molar-refractivity contribution in [2.75, 3.05) is 19.8 Å². The molecule has 4 aromatic rings. The van der Waals surface area contributed by atoms with Crippen molar-refractivity contribution in [1.82, 2.24) is 4.90 Å². The Kier molecular flexibility index (Phi) is 11.1. The average Bonchev–Trinajstić information content (AvgIpc) is 3.06. The topological polar surface area (TPSA) is 77.5 Å². The molecule has 0 aromatic heterocycles. The third kappa shape index (κ3) is 8.60. The minimum atomic E-state index is -1.84. The smallest absolute Gasteiger partial charge is 0.226 e. The van der Waals surface area contributed by atoms with Gasteiger partial charge in [-0.15, -0.1) is 0 Å². The van der Waals surface area contributed by atoms with E-state index in [9.17, 15) is 9.90 Å². The van der Waals surface area contributed by atoms with Crippen molar-refractivity contribution in [3.63, 3.8) is 0 Å². The first-order chi connectivity index (χ1) is 21.1. The highest BCUT2D eigenvalue weighted by Gasteiger charge is 2.55. The van der Waals surface area contributed by atoms with Crippen LogP contribution in [-0.2, 0) is 50.2 Å². The van der Waals surface area contributed by atoms with Crippen LogP contribution in [0.25, 0.3) is 0 Å². The second kappa shape index (κ2) is 15.6. The fourth-order valence-corrected chi connectivity index (χ4v) is 5.23. The number of hydrogen-bond acceptors (Lipinski definition) is 6. The lowest BCUT2D eigenvalue weighted by Crippen LogP contribution is -2.69. The zero-order chi connectivity index (χ0) is 29.7. The standard InChI is InChI=1S/C36H39NO6/c38-35-23-34(42-26-31-17-9-3-10-18-31)36(39,43-27-32-19-11-4-12-20-32)33(28-41-25-30-15-7-2-8-16-30)37(35)21-22-40-24-29-13-5-1-6-14-29/h1-20,33-34,39H,21-28H2. The van der Waals surface area contributed by atoms with Crippen LogP contribution in [-0.4, -0.2) is 53.6 Å². The molecule has 0 spiro atoms. The van der Waals surface area contributed by atoms with Gasteiger partial charge in [-0.3, -0.25) is 4.79 Å². The molecule has 0 bridgehead atoms. The molecule has 0 radical (unpaired) electrons.